The molecule has 1 aliphatic carbocycles. The molecular formula is C32H44ClFN4O4. The van der Waals surface area contributed by atoms with Crippen LogP contribution in [0.5, 0.6) is 0 Å². The molecule has 42 heavy (non-hydrogen) atoms. The van der Waals surface area contributed by atoms with Crippen molar-refractivity contribution < 1.29 is 23.5 Å². The first-order valence-electron chi connectivity index (χ1n) is 15.6. The summed E-state index contributed by atoms with van der Waals surface area (Å²) in [5.41, 5.74) is -0.892. The molecule has 2 bridgehead atoms. The Hall–Kier alpha value is -2.49. The van der Waals surface area contributed by atoms with Gasteiger partial charge in [0.05, 0.1) is 23.0 Å². The minimum atomic E-state index is -1.22. The molecule has 0 unspecified atom stereocenters. The number of nitrogens with zero attached hydrogens (tertiary/aromatic N) is 2. The third-order valence-electron chi connectivity index (χ3n) is 9.88. The molecule has 0 radical (unpaired) electrons. The Morgan fingerprint density at radius 1 is 1.14 bits per heavy atom. The summed E-state index contributed by atoms with van der Waals surface area (Å²) in [5, 5.41) is 6.00. The van der Waals surface area contributed by atoms with E-state index >= 15 is 0 Å². The van der Waals surface area contributed by atoms with Gasteiger partial charge in [0.25, 0.3) is 0 Å². The number of rotatable bonds is 11. The minimum Gasteiger partial charge on any atom is -0.359 e. The zero-order valence-electron chi connectivity index (χ0n) is 25.1. The van der Waals surface area contributed by atoms with E-state index in [4.69, 9.17) is 16.3 Å². The van der Waals surface area contributed by atoms with Crippen LogP contribution in [0.3, 0.4) is 0 Å². The number of anilines is 1. The van der Waals surface area contributed by atoms with Crippen molar-refractivity contribution in [1.82, 2.24) is 15.1 Å². The molecule has 10 heteroatoms. The van der Waals surface area contributed by atoms with Crippen LogP contribution < -0.4 is 10.6 Å². The molecule has 8 atom stereocenters. The summed E-state index contributed by atoms with van der Waals surface area (Å²) in [6.45, 7) is 11.5. The molecule has 1 spiro atoms. The van der Waals surface area contributed by atoms with E-state index in [9.17, 15) is 18.8 Å². The van der Waals surface area contributed by atoms with Crippen molar-refractivity contribution in [3.8, 4) is 0 Å². The van der Waals surface area contributed by atoms with E-state index in [0.717, 1.165) is 45.2 Å². The first-order chi connectivity index (χ1) is 20.1. The maximum absolute atomic E-state index is 14.3. The molecule has 8 nitrogen and oxygen atoms in total. The summed E-state index contributed by atoms with van der Waals surface area (Å²) in [5.74, 6) is -2.31. The van der Waals surface area contributed by atoms with Gasteiger partial charge in [-0.05, 0) is 62.4 Å². The fourth-order valence-corrected chi connectivity index (χ4v) is 7.75. The Kier molecular flexibility index (Phi) is 9.30. The average molecular weight is 603 g/mol. The van der Waals surface area contributed by atoms with E-state index in [0.29, 0.717) is 30.6 Å². The third kappa shape index (κ3) is 5.60. The summed E-state index contributed by atoms with van der Waals surface area (Å²) in [4.78, 5) is 46.1. The van der Waals surface area contributed by atoms with Crippen molar-refractivity contribution in [2.45, 2.75) is 83.6 Å². The standard InChI is InChI=1S/C32H44ClFN4O4/c1-5-14-37(15-6-2)16-17-38-28(30(40)36-24-9-7-8-19(3)20(24)4)32-13-12-25(42-32)26(27(32)31(38)41)29(39)35-21-10-11-23(34)22(33)18-21/h10-13,18-20,24-28H,5-9,14-17H2,1-4H3,(H,35,39)(H,36,40)/t19-,20+,24+,25-,26+,27-,28-,32-/m0/s1. The topological polar surface area (TPSA) is 91.0 Å². The van der Waals surface area contributed by atoms with Crippen LogP contribution in [0, 0.1) is 29.5 Å². The minimum absolute atomic E-state index is 0.0234. The summed E-state index contributed by atoms with van der Waals surface area (Å²) in [7, 11) is 0. The predicted octanol–water partition coefficient (Wildman–Crippen LogP) is 4.63. The van der Waals surface area contributed by atoms with E-state index < -0.39 is 41.3 Å². The number of carbonyl (C=O) groups excluding carboxylic acids is 3. The van der Waals surface area contributed by atoms with Crippen molar-refractivity contribution >= 4 is 35.0 Å². The fourth-order valence-electron chi connectivity index (χ4n) is 7.57. The number of carbonyl (C=O) groups is 3. The predicted molar refractivity (Wildman–Crippen MR) is 160 cm³/mol. The molecule has 1 aromatic carbocycles. The van der Waals surface area contributed by atoms with Gasteiger partial charge in [-0.1, -0.05) is 64.3 Å². The fraction of sp³-hybridized carbons (Fsp3) is 0.656. The van der Waals surface area contributed by atoms with Gasteiger partial charge in [0, 0.05) is 24.8 Å². The van der Waals surface area contributed by atoms with Crippen molar-refractivity contribution in [3.05, 3.63) is 41.2 Å². The second-order valence-corrected chi connectivity index (χ2v) is 13.0. The molecule has 3 fully saturated rings. The lowest BCUT2D eigenvalue weighted by Gasteiger charge is -2.38. The number of hydrogen-bond donors (Lipinski definition) is 2. The molecule has 5 rings (SSSR count). The highest BCUT2D eigenvalue weighted by Crippen LogP contribution is 2.55. The van der Waals surface area contributed by atoms with Gasteiger partial charge in [0.2, 0.25) is 17.7 Å². The second-order valence-electron chi connectivity index (χ2n) is 12.6. The van der Waals surface area contributed by atoms with Crippen LogP contribution in [0.1, 0.15) is 59.8 Å². The zero-order valence-corrected chi connectivity index (χ0v) is 25.8. The molecule has 2 N–H and O–H groups in total. The van der Waals surface area contributed by atoms with Crippen molar-refractivity contribution in [2.75, 3.05) is 31.5 Å². The van der Waals surface area contributed by atoms with Gasteiger partial charge < -0.3 is 25.2 Å². The van der Waals surface area contributed by atoms with E-state index in [1.165, 1.54) is 18.2 Å². The summed E-state index contributed by atoms with van der Waals surface area (Å²) in [6.07, 6.45) is 8.08. The number of nitrogens with one attached hydrogen (secondary N) is 2. The average Bonchev–Trinajstić information content (AvgIpc) is 3.59. The van der Waals surface area contributed by atoms with Gasteiger partial charge in [-0.2, -0.15) is 0 Å². The van der Waals surface area contributed by atoms with Crippen molar-refractivity contribution in [1.29, 1.82) is 0 Å². The Balaban J connectivity index is 1.43. The molecule has 4 aliphatic rings. The SMILES string of the molecule is CCCN(CCC)CCN1C(=O)[C@@H]2[C@H](C(=O)Nc3ccc(F)c(Cl)c3)[C@@H]3C=C[C@@]2(O3)[C@@H]1C(=O)N[C@@H]1CCC[C@H](C)[C@H]1C. The number of amides is 3. The van der Waals surface area contributed by atoms with Crippen molar-refractivity contribution in [2.24, 2.45) is 23.7 Å². The Morgan fingerprint density at radius 2 is 1.88 bits per heavy atom. The highest BCUT2D eigenvalue weighted by Gasteiger charge is 2.72. The Morgan fingerprint density at radius 3 is 2.57 bits per heavy atom. The van der Waals surface area contributed by atoms with Gasteiger partial charge in [0.15, 0.2) is 0 Å². The van der Waals surface area contributed by atoms with Crippen LogP contribution >= 0.6 is 11.6 Å². The lowest BCUT2D eigenvalue weighted by Crippen LogP contribution is -2.58. The van der Waals surface area contributed by atoms with E-state index in [-0.39, 0.29) is 22.9 Å². The van der Waals surface area contributed by atoms with Crippen LogP contribution in [-0.2, 0) is 19.1 Å². The molecule has 1 saturated carbocycles. The lowest BCUT2D eigenvalue weighted by molar-refractivity contribution is -0.141. The van der Waals surface area contributed by atoms with Crippen LogP contribution in [-0.4, -0.2) is 77.5 Å². The normalized spacial score (nSPS) is 33.4. The molecular weight excluding hydrogens is 559 g/mol. The number of likely N-dealkylation sites (tertiary alicyclic amines) is 1. The van der Waals surface area contributed by atoms with Gasteiger partial charge in [-0.25, -0.2) is 4.39 Å². The van der Waals surface area contributed by atoms with Crippen molar-refractivity contribution in [3.63, 3.8) is 0 Å². The zero-order chi connectivity index (χ0) is 30.2. The van der Waals surface area contributed by atoms with Gasteiger partial charge >= 0.3 is 0 Å². The highest BCUT2D eigenvalue weighted by atomic mass is 35.5. The molecule has 1 aromatic rings. The van der Waals surface area contributed by atoms with E-state index in [2.05, 4.69) is 43.2 Å². The monoisotopic (exact) mass is 602 g/mol. The second kappa shape index (κ2) is 12.6. The third-order valence-corrected chi connectivity index (χ3v) is 10.2. The largest absolute Gasteiger partial charge is 0.359 e. The molecule has 3 aliphatic heterocycles. The number of benzene rings is 1. The molecule has 2 saturated heterocycles. The highest BCUT2D eigenvalue weighted by molar-refractivity contribution is 6.31. The van der Waals surface area contributed by atoms with Crippen LogP contribution in [0.15, 0.2) is 30.4 Å². The van der Waals surface area contributed by atoms with Gasteiger partial charge in [-0.3, -0.25) is 14.4 Å². The maximum atomic E-state index is 14.3. The summed E-state index contributed by atoms with van der Waals surface area (Å²) < 4.78 is 20.2. The Bertz CT molecular complexity index is 1220. The van der Waals surface area contributed by atoms with E-state index in [1.54, 1.807) is 11.0 Å². The first kappa shape index (κ1) is 31.0. The number of hydrogen-bond acceptors (Lipinski definition) is 5. The number of halogens is 2. The molecule has 3 amide bonds. The van der Waals surface area contributed by atoms with Crippen LogP contribution in [0.4, 0.5) is 10.1 Å². The van der Waals surface area contributed by atoms with Crippen LogP contribution in [0.2, 0.25) is 5.02 Å². The first-order valence-corrected chi connectivity index (χ1v) is 15.9. The maximum Gasteiger partial charge on any atom is 0.246 e. The molecule has 230 valence electrons. The number of fused-ring (bicyclic) bond motifs is 1. The lowest BCUT2D eigenvalue weighted by atomic mass is 9.73. The smallest absolute Gasteiger partial charge is 0.246 e. The summed E-state index contributed by atoms with van der Waals surface area (Å²) >= 11 is 5.94. The summed E-state index contributed by atoms with van der Waals surface area (Å²) in [6, 6.07) is 3.11. The van der Waals surface area contributed by atoms with E-state index in [1.807, 2.05) is 6.08 Å². The van der Waals surface area contributed by atoms with Crippen LogP contribution in [0.25, 0.3) is 0 Å². The van der Waals surface area contributed by atoms with Gasteiger partial charge in [-0.15, -0.1) is 0 Å². The quantitative estimate of drug-likeness (QED) is 0.361. The Labute approximate surface area is 253 Å². The van der Waals surface area contributed by atoms with Gasteiger partial charge in [0.1, 0.15) is 17.5 Å². The molecule has 0 aromatic heterocycles. The number of ether oxygens (including phenoxy) is 1. The molecule has 3 heterocycles.